The van der Waals surface area contributed by atoms with E-state index >= 15 is 0 Å². The molecule has 1 aromatic heterocycles. The third-order valence-electron chi connectivity index (χ3n) is 3.23. The second-order valence-corrected chi connectivity index (χ2v) is 5.17. The fourth-order valence-electron chi connectivity index (χ4n) is 2.40. The minimum Gasteiger partial charge on any atom is -0.354 e. The normalized spacial score (nSPS) is 11.1. The summed E-state index contributed by atoms with van der Waals surface area (Å²) in [6.07, 6.45) is 0. The monoisotopic (exact) mass is 255 g/mol. The molecule has 0 atom stereocenters. The molecule has 0 unspecified atom stereocenters. The number of nitrogens with one attached hydrogen (secondary N) is 1. The molecule has 0 fully saturated rings. The Morgan fingerprint density at radius 2 is 1.67 bits per heavy atom. The van der Waals surface area contributed by atoms with Gasteiger partial charge in [0.1, 0.15) is 0 Å². The summed E-state index contributed by atoms with van der Waals surface area (Å²) in [5, 5.41) is 2.03. The average Bonchev–Trinajstić information content (AvgIpc) is 2.74. The van der Waals surface area contributed by atoms with Gasteiger partial charge in [-0.3, -0.25) is 0 Å². The van der Waals surface area contributed by atoms with Crippen molar-refractivity contribution in [3.05, 3.63) is 58.6 Å². The highest BCUT2D eigenvalue weighted by molar-refractivity contribution is 6.30. The summed E-state index contributed by atoms with van der Waals surface area (Å²) in [6, 6.07) is 14.5. The van der Waals surface area contributed by atoms with E-state index in [1.54, 1.807) is 0 Å². The van der Waals surface area contributed by atoms with Gasteiger partial charge in [-0.15, -0.1) is 0 Å². The van der Waals surface area contributed by atoms with Crippen LogP contribution in [0.2, 0.25) is 5.02 Å². The summed E-state index contributed by atoms with van der Waals surface area (Å²) in [4.78, 5) is 3.48. The van der Waals surface area contributed by atoms with Crippen LogP contribution in [0.3, 0.4) is 0 Å². The van der Waals surface area contributed by atoms with Gasteiger partial charge < -0.3 is 4.98 Å². The molecule has 0 aliphatic heterocycles. The van der Waals surface area contributed by atoms with Crippen LogP contribution in [0.1, 0.15) is 11.1 Å². The number of hydrogen-bond donors (Lipinski definition) is 1. The summed E-state index contributed by atoms with van der Waals surface area (Å²) >= 11 is 5.91. The van der Waals surface area contributed by atoms with E-state index in [0.29, 0.717) is 0 Å². The molecule has 1 nitrogen and oxygen atoms in total. The van der Waals surface area contributed by atoms with Gasteiger partial charge in [-0.1, -0.05) is 35.4 Å². The Hall–Kier alpha value is -1.73. The first-order valence-corrected chi connectivity index (χ1v) is 6.37. The van der Waals surface area contributed by atoms with E-state index in [-0.39, 0.29) is 0 Å². The zero-order chi connectivity index (χ0) is 12.7. The van der Waals surface area contributed by atoms with Gasteiger partial charge in [0.15, 0.2) is 0 Å². The molecule has 3 rings (SSSR count). The molecule has 0 aliphatic rings. The van der Waals surface area contributed by atoms with Crippen LogP contribution in [-0.4, -0.2) is 4.98 Å². The Morgan fingerprint density at radius 1 is 0.944 bits per heavy atom. The number of halogens is 1. The molecule has 0 amide bonds. The number of aromatic amines is 1. The van der Waals surface area contributed by atoms with E-state index in [4.69, 9.17) is 11.6 Å². The molecular weight excluding hydrogens is 242 g/mol. The lowest BCUT2D eigenvalue weighted by Crippen LogP contribution is -1.79. The Balaban J connectivity index is 2.19. The van der Waals surface area contributed by atoms with Gasteiger partial charge >= 0.3 is 0 Å². The molecular formula is C16H14ClN. The number of fused-ring (bicyclic) bond motifs is 1. The lowest BCUT2D eigenvalue weighted by atomic mass is 10.1. The third-order valence-corrected chi connectivity index (χ3v) is 3.48. The van der Waals surface area contributed by atoms with E-state index in [0.717, 1.165) is 16.3 Å². The summed E-state index contributed by atoms with van der Waals surface area (Å²) < 4.78 is 0. The van der Waals surface area contributed by atoms with Gasteiger partial charge in [0.05, 0.1) is 0 Å². The summed E-state index contributed by atoms with van der Waals surface area (Å²) in [7, 11) is 0. The van der Waals surface area contributed by atoms with E-state index in [9.17, 15) is 0 Å². The second-order valence-electron chi connectivity index (χ2n) is 4.74. The largest absolute Gasteiger partial charge is 0.354 e. The molecule has 0 spiro atoms. The maximum Gasteiger partial charge on any atom is 0.0488 e. The average molecular weight is 256 g/mol. The van der Waals surface area contributed by atoms with Crippen LogP contribution >= 0.6 is 11.6 Å². The molecule has 2 aromatic carbocycles. The third kappa shape index (κ3) is 1.91. The number of H-pyrrole nitrogens is 1. The second kappa shape index (κ2) is 4.18. The van der Waals surface area contributed by atoms with Crippen LogP contribution in [0.15, 0.2) is 42.5 Å². The SMILES string of the molecule is Cc1cc(C)c2[nH]c(-c3ccc(Cl)cc3)cc2c1. The van der Waals surface area contributed by atoms with Crippen molar-refractivity contribution in [1.82, 2.24) is 4.98 Å². The topological polar surface area (TPSA) is 15.8 Å². The number of rotatable bonds is 1. The smallest absolute Gasteiger partial charge is 0.0488 e. The molecule has 0 saturated carbocycles. The van der Waals surface area contributed by atoms with Crippen molar-refractivity contribution in [3.8, 4) is 11.3 Å². The Morgan fingerprint density at radius 3 is 2.39 bits per heavy atom. The van der Waals surface area contributed by atoms with E-state index < -0.39 is 0 Å². The predicted octanol–water partition coefficient (Wildman–Crippen LogP) is 5.11. The van der Waals surface area contributed by atoms with Crippen molar-refractivity contribution in [2.24, 2.45) is 0 Å². The molecule has 2 heteroatoms. The molecule has 1 N–H and O–H groups in total. The van der Waals surface area contributed by atoms with E-state index in [1.165, 1.54) is 22.0 Å². The van der Waals surface area contributed by atoms with Crippen LogP contribution in [0, 0.1) is 13.8 Å². The van der Waals surface area contributed by atoms with E-state index in [1.807, 2.05) is 24.3 Å². The fraction of sp³-hybridized carbons (Fsp3) is 0.125. The van der Waals surface area contributed by atoms with Crippen molar-refractivity contribution < 1.29 is 0 Å². The van der Waals surface area contributed by atoms with Crippen LogP contribution in [0.4, 0.5) is 0 Å². The van der Waals surface area contributed by atoms with Crippen LogP contribution in [0.5, 0.6) is 0 Å². The zero-order valence-electron chi connectivity index (χ0n) is 10.4. The Bertz CT molecular complexity index is 708. The van der Waals surface area contributed by atoms with Crippen LogP contribution < -0.4 is 0 Å². The van der Waals surface area contributed by atoms with Gasteiger partial charge in [0, 0.05) is 21.6 Å². The van der Waals surface area contributed by atoms with Crippen molar-refractivity contribution in [2.45, 2.75) is 13.8 Å². The van der Waals surface area contributed by atoms with Crippen molar-refractivity contribution >= 4 is 22.5 Å². The summed E-state index contributed by atoms with van der Waals surface area (Å²) in [6.45, 7) is 4.26. The number of benzene rings is 2. The highest BCUT2D eigenvalue weighted by atomic mass is 35.5. The molecule has 90 valence electrons. The van der Waals surface area contributed by atoms with Crippen LogP contribution in [-0.2, 0) is 0 Å². The minimum absolute atomic E-state index is 0.766. The summed E-state index contributed by atoms with van der Waals surface area (Å²) in [5.74, 6) is 0. The van der Waals surface area contributed by atoms with Gasteiger partial charge in [-0.05, 0) is 49.2 Å². The number of hydrogen-bond acceptors (Lipinski definition) is 0. The molecule has 0 radical (unpaired) electrons. The lowest BCUT2D eigenvalue weighted by Gasteiger charge is -1.99. The predicted molar refractivity (Wildman–Crippen MR) is 78.2 cm³/mol. The Labute approximate surface area is 111 Å². The lowest BCUT2D eigenvalue weighted by molar-refractivity contribution is 1.38. The van der Waals surface area contributed by atoms with Crippen molar-refractivity contribution in [3.63, 3.8) is 0 Å². The Kier molecular flexibility index (Phi) is 2.64. The first-order chi connectivity index (χ1) is 8.63. The maximum atomic E-state index is 5.91. The molecule has 3 aromatic rings. The van der Waals surface area contributed by atoms with Crippen molar-refractivity contribution in [1.29, 1.82) is 0 Å². The molecule has 18 heavy (non-hydrogen) atoms. The first-order valence-electron chi connectivity index (χ1n) is 5.99. The quantitative estimate of drug-likeness (QED) is 0.622. The fourth-order valence-corrected chi connectivity index (χ4v) is 2.52. The van der Waals surface area contributed by atoms with Gasteiger partial charge in [0.25, 0.3) is 0 Å². The molecule has 0 saturated heterocycles. The van der Waals surface area contributed by atoms with E-state index in [2.05, 4.69) is 37.0 Å². The van der Waals surface area contributed by atoms with Gasteiger partial charge in [-0.2, -0.15) is 0 Å². The molecule has 1 heterocycles. The highest BCUT2D eigenvalue weighted by Gasteiger charge is 2.05. The zero-order valence-corrected chi connectivity index (χ0v) is 11.2. The maximum absolute atomic E-state index is 5.91. The van der Waals surface area contributed by atoms with Crippen molar-refractivity contribution in [2.75, 3.05) is 0 Å². The van der Waals surface area contributed by atoms with Crippen LogP contribution in [0.25, 0.3) is 22.2 Å². The highest BCUT2D eigenvalue weighted by Crippen LogP contribution is 2.27. The first kappa shape index (κ1) is 11.4. The number of aromatic nitrogens is 1. The molecule has 0 bridgehead atoms. The van der Waals surface area contributed by atoms with Gasteiger partial charge in [-0.25, -0.2) is 0 Å². The molecule has 0 aliphatic carbocycles. The minimum atomic E-state index is 0.766. The van der Waals surface area contributed by atoms with Gasteiger partial charge in [0.2, 0.25) is 0 Å². The standard InChI is InChI=1S/C16H14ClN/c1-10-7-11(2)16-13(8-10)9-15(18-16)12-3-5-14(17)6-4-12/h3-9,18H,1-2H3. The summed E-state index contributed by atoms with van der Waals surface area (Å²) in [5.41, 5.74) is 6.08. The number of aryl methyl sites for hydroxylation is 2.